The summed E-state index contributed by atoms with van der Waals surface area (Å²) in [4.78, 5) is 12.0. The Bertz CT molecular complexity index is 1080. The second-order valence-electron chi connectivity index (χ2n) is 6.37. The van der Waals surface area contributed by atoms with Crippen LogP contribution in [0.1, 0.15) is 5.56 Å². The number of thioether (sulfide) groups is 1. The van der Waals surface area contributed by atoms with Crippen LogP contribution in [0.4, 0.5) is 0 Å². The number of benzene rings is 3. The number of carbonyl (C=O) groups excluding carboxylic acids is 1. The standard InChI is InChI=1S/C23H19N3OS/c27-22(24-15-17-6-2-1-3-7-17)16-28-23-13-12-21(25-26-23)20-11-10-18-8-4-5-9-19(18)14-20/h1-14H,15-16H2,(H,24,27). The number of nitrogens with zero attached hydrogens (tertiary/aromatic N) is 2. The van der Waals surface area contributed by atoms with Gasteiger partial charge >= 0.3 is 0 Å². The number of amides is 1. The van der Waals surface area contributed by atoms with Gasteiger partial charge in [0.25, 0.3) is 0 Å². The Labute approximate surface area is 168 Å². The minimum atomic E-state index is -0.0192. The second-order valence-corrected chi connectivity index (χ2v) is 7.37. The minimum Gasteiger partial charge on any atom is -0.351 e. The summed E-state index contributed by atoms with van der Waals surface area (Å²) in [5.74, 6) is 0.297. The summed E-state index contributed by atoms with van der Waals surface area (Å²) >= 11 is 1.38. The molecule has 1 N–H and O–H groups in total. The van der Waals surface area contributed by atoms with E-state index in [1.165, 1.54) is 22.5 Å². The van der Waals surface area contributed by atoms with E-state index in [2.05, 4.69) is 45.8 Å². The molecule has 0 aliphatic heterocycles. The molecule has 4 nitrogen and oxygen atoms in total. The topological polar surface area (TPSA) is 54.9 Å². The maximum atomic E-state index is 12.0. The summed E-state index contributed by atoms with van der Waals surface area (Å²) in [6.45, 7) is 0.535. The molecule has 0 aliphatic carbocycles. The average Bonchev–Trinajstić information content (AvgIpc) is 2.77. The quantitative estimate of drug-likeness (QED) is 0.489. The van der Waals surface area contributed by atoms with E-state index in [9.17, 15) is 4.79 Å². The maximum absolute atomic E-state index is 12.0. The lowest BCUT2D eigenvalue weighted by Crippen LogP contribution is -2.24. The lowest BCUT2D eigenvalue weighted by molar-refractivity contribution is -0.118. The van der Waals surface area contributed by atoms with Crippen LogP contribution in [0.5, 0.6) is 0 Å². The fourth-order valence-corrected chi connectivity index (χ4v) is 3.53. The summed E-state index contributed by atoms with van der Waals surface area (Å²) in [5.41, 5.74) is 2.94. The van der Waals surface area contributed by atoms with Gasteiger partial charge in [-0.05, 0) is 34.5 Å². The van der Waals surface area contributed by atoms with Crippen molar-refractivity contribution in [2.45, 2.75) is 11.6 Å². The molecule has 4 rings (SSSR count). The van der Waals surface area contributed by atoms with Crippen molar-refractivity contribution in [3.63, 3.8) is 0 Å². The molecular weight excluding hydrogens is 366 g/mol. The fourth-order valence-electron chi connectivity index (χ4n) is 2.89. The predicted octanol–water partition coefficient (Wildman–Crippen LogP) is 4.71. The number of carbonyl (C=O) groups is 1. The Morgan fingerprint density at radius 1 is 0.821 bits per heavy atom. The first-order valence-corrected chi connectivity index (χ1v) is 10.0. The monoisotopic (exact) mass is 385 g/mol. The molecule has 0 atom stereocenters. The highest BCUT2D eigenvalue weighted by molar-refractivity contribution is 7.99. The summed E-state index contributed by atoms with van der Waals surface area (Å²) in [6, 6.07) is 28.2. The Morgan fingerprint density at radius 3 is 2.39 bits per heavy atom. The zero-order valence-corrected chi connectivity index (χ0v) is 16.0. The molecule has 4 aromatic rings. The van der Waals surface area contributed by atoms with Gasteiger partial charge in [0.2, 0.25) is 5.91 Å². The summed E-state index contributed by atoms with van der Waals surface area (Å²) in [6.07, 6.45) is 0. The Kier molecular flexibility index (Phi) is 5.64. The first-order valence-electron chi connectivity index (χ1n) is 9.04. The predicted molar refractivity (Wildman–Crippen MR) is 114 cm³/mol. The van der Waals surface area contributed by atoms with Crippen molar-refractivity contribution < 1.29 is 4.79 Å². The van der Waals surface area contributed by atoms with Gasteiger partial charge in [-0.25, -0.2) is 0 Å². The smallest absolute Gasteiger partial charge is 0.230 e. The van der Waals surface area contributed by atoms with Crippen molar-refractivity contribution >= 4 is 28.4 Å². The first-order chi connectivity index (χ1) is 13.8. The molecule has 28 heavy (non-hydrogen) atoms. The molecular formula is C23H19N3OS. The summed E-state index contributed by atoms with van der Waals surface area (Å²) < 4.78 is 0. The van der Waals surface area contributed by atoms with Crippen LogP contribution in [-0.4, -0.2) is 21.9 Å². The molecule has 0 aliphatic rings. The molecule has 0 saturated carbocycles. The Morgan fingerprint density at radius 2 is 1.61 bits per heavy atom. The van der Waals surface area contributed by atoms with Crippen molar-refractivity contribution in [2.75, 3.05) is 5.75 Å². The highest BCUT2D eigenvalue weighted by Gasteiger charge is 2.06. The normalized spacial score (nSPS) is 10.7. The molecule has 0 bridgehead atoms. The molecule has 3 aromatic carbocycles. The largest absolute Gasteiger partial charge is 0.351 e. The van der Waals surface area contributed by atoms with Crippen LogP contribution in [0.25, 0.3) is 22.0 Å². The van der Waals surface area contributed by atoms with E-state index in [-0.39, 0.29) is 5.91 Å². The van der Waals surface area contributed by atoms with E-state index in [1.54, 1.807) is 0 Å². The van der Waals surface area contributed by atoms with Crippen molar-refractivity contribution in [1.29, 1.82) is 0 Å². The van der Waals surface area contributed by atoms with Gasteiger partial charge in [0.1, 0.15) is 5.03 Å². The van der Waals surface area contributed by atoms with Crippen molar-refractivity contribution in [1.82, 2.24) is 15.5 Å². The van der Waals surface area contributed by atoms with Gasteiger partial charge in [-0.3, -0.25) is 4.79 Å². The van der Waals surface area contributed by atoms with Crippen molar-refractivity contribution in [3.8, 4) is 11.3 Å². The molecule has 1 amide bonds. The van der Waals surface area contributed by atoms with Crippen LogP contribution >= 0.6 is 11.8 Å². The van der Waals surface area contributed by atoms with Crippen LogP contribution in [0.15, 0.2) is 90.0 Å². The molecule has 0 unspecified atom stereocenters. The third-order valence-corrected chi connectivity index (χ3v) is 5.29. The molecule has 0 fully saturated rings. The summed E-state index contributed by atoms with van der Waals surface area (Å²) in [5, 5.41) is 14.6. The zero-order chi connectivity index (χ0) is 19.2. The van der Waals surface area contributed by atoms with Crippen LogP contribution in [0, 0.1) is 0 Å². The zero-order valence-electron chi connectivity index (χ0n) is 15.2. The first kappa shape index (κ1) is 18.2. The minimum absolute atomic E-state index is 0.0192. The van der Waals surface area contributed by atoms with Gasteiger partial charge < -0.3 is 5.32 Å². The third-order valence-electron chi connectivity index (χ3n) is 4.37. The van der Waals surface area contributed by atoms with E-state index in [0.29, 0.717) is 12.3 Å². The summed E-state index contributed by atoms with van der Waals surface area (Å²) in [7, 11) is 0. The number of hydrogen-bond acceptors (Lipinski definition) is 4. The van der Waals surface area contributed by atoms with Gasteiger partial charge in [-0.2, -0.15) is 0 Å². The molecule has 1 aromatic heterocycles. The number of aromatic nitrogens is 2. The van der Waals surface area contributed by atoms with E-state index in [4.69, 9.17) is 0 Å². The number of hydrogen-bond donors (Lipinski definition) is 1. The average molecular weight is 385 g/mol. The molecule has 0 saturated heterocycles. The highest BCUT2D eigenvalue weighted by atomic mass is 32.2. The highest BCUT2D eigenvalue weighted by Crippen LogP contribution is 2.24. The molecule has 5 heteroatoms. The van der Waals surface area contributed by atoms with Crippen LogP contribution in [-0.2, 0) is 11.3 Å². The Hall–Kier alpha value is -3.18. The molecule has 138 valence electrons. The van der Waals surface area contributed by atoms with Crippen LogP contribution < -0.4 is 5.32 Å². The lowest BCUT2D eigenvalue weighted by Gasteiger charge is -2.06. The number of rotatable bonds is 6. The van der Waals surface area contributed by atoms with Gasteiger partial charge in [0, 0.05) is 12.1 Å². The SMILES string of the molecule is O=C(CSc1ccc(-c2ccc3ccccc3c2)nn1)NCc1ccccc1. The van der Waals surface area contributed by atoms with Crippen LogP contribution in [0.2, 0.25) is 0 Å². The fraction of sp³-hybridized carbons (Fsp3) is 0.0870. The maximum Gasteiger partial charge on any atom is 0.230 e. The third kappa shape index (κ3) is 4.56. The van der Waals surface area contributed by atoms with E-state index < -0.39 is 0 Å². The van der Waals surface area contributed by atoms with Gasteiger partial charge in [0.05, 0.1) is 11.4 Å². The second kappa shape index (κ2) is 8.67. The molecule has 1 heterocycles. The van der Waals surface area contributed by atoms with Crippen molar-refractivity contribution in [2.24, 2.45) is 0 Å². The van der Waals surface area contributed by atoms with E-state index >= 15 is 0 Å². The van der Waals surface area contributed by atoms with E-state index in [0.717, 1.165) is 21.8 Å². The van der Waals surface area contributed by atoms with Gasteiger partial charge in [-0.1, -0.05) is 78.5 Å². The molecule has 0 radical (unpaired) electrons. The van der Waals surface area contributed by atoms with Gasteiger partial charge in [-0.15, -0.1) is 10.2 Å². The molecule has 0 spiro atoms. The van der Waals surface area contributed by atoms with E-state index in [1.807, 2.05) is 54.6 Å². The lowest BCUT2D eigenvalue weighted by atomic mass is 10.1. The van der Waals surface area contributed by atoms with Gasteiger partial charge in [0.15, 0.2) is 0 Å². The van der Waals surface area contributed by atoms with Crippen molar-refractivity contribution in [3.05, 3.63) is 90.5 Å². The Balaban J connectivity index is 1.34. The van der Waals surface area contributed by atoms with Crippen LogP contribution in [0.3, 0.4) is 0 Å². The number of fused-ring (bicyclic) bond motifs is 1. The number of nitrogens with one attached hydrogen (secondary N) is 1.